The van der Waals surface area contributed by atoms with Gasteiger partial charge in [0, 0.05) is 62.3 Å². The standard InChI is InChI=1S/C28H41N5O5/c1-28(2,3)38-27(36)30-22-7-5-6-19-8-9-24(33(19)25(22)34)26(35)31-15-18(16-31)21-14-29-12-10-23(21)32-13-11-20(32)17-37-4/h10,12,14,18-20,22,24H,5-9,11,13,15-17H2,1-4H3,(H,30,36)/t19-,20-,22-,24-/m0/s1. The van der Waals surface area contributed by atoms with Crippen molar-refractivity contribution < 1.29 is 23.9 Å². The molecule has 4 aliphatic rings. The number of aromatic nitrogens is 1. The molecule has 10 nitrogen and oxygen atoms in total. The van der Waals surface area contributed by atoms with Crippen LogP contribution in [-0.2, 0) is 19.1 Å². The molecule has 0 bridgehead atoms. The molecule has 5 heterocycles. The van der Waals surface area contributed by atoms with E-state index in [9.17, 15) is 14.4 Å². The smallest absolute Gasteiger partial charge is 0.408 e. The van der Waals surface area contributed by atoms with E-state index in [4.69, 9.17) is 9.47 Å². The van der Waals surface area contributed by atoms with E-state index in [2.05, 4.69) is 21.3 Å². The third-order valence-corrected chi connectivity index (χ3v) is 8.33. The molecule has 38 heavy (non-hydrogen) atoms. The lowest BCUT2D eigenvalue weighted by Crippen LogP contribution is -2.59. The van der Waals surface area contributed by atoms with Gasteiger partial charge in [-0.25, -0.2) is 4.79 Å². The summed E-state index contributed by atoms with van der Waals surface area (Å²) in [5.41, 5.74) is 1.72. The Labute approximate surface area is 225 Å². The van der Waals surface area contributed by atoms with Gasteiger partial charge in [0.25, 0.3) is 0 Å². The normalized spacial score (nSPS) is 27.8. The lowest BCUT2D eigenvalue weighted by molar-refractivity contribution is -0.148. The minimum atomic E-state index is -0.665. The summed E-state index contributed by atoms with van der Waals surface area (Å²) in [6.45, 7) is 8.34. The molecule has 1 aromatic rings. The summed E-state index contributed by atoms with van der Waals surface area (Å²) < 4.78 is 10.8. The zero-order valence-corrected chi connectivity index (χ0v) is 23.0. The second-order valence-corrected chi connectivity index (χ2v) is 12.1. The number of likely N-dealkylation sites (tertiary alicyclic amines) is 1. The summed E-state index contributed by atoms with van der Waals surface area (Å²) in [6, 6.07) is 1.36. The third kappa shape index (κ3) is 5.32. The van der Waals surface area contributed by atoms with Gasteiger partial charge in [-0.15, -0.1) is 0 Å². The number of alkyl carbamates (subject to hydrolysis) is 1. The average molecular weight is 528 g/mol. The summed E-state index contributed by atoms with van der Waals surface area (Å²) in [5.74, 6) is 0.0783. The zero-order valence-electron chi connectivity index (χ0n) is 23.0. The predicted octanol–water partition coefficient (Wildman–Crippen LogP) is 2.67. The molecule has 0 radical (unpaired) electrons. The van der Waals surface area contributed by atoms with Crippen LogP contribution in [0.1, 0.15) is 70.8 Å². The topological polar surface area (TPSA) is 104 Å². The molecule has 4 saturated heterocycles. The molecule has 0 saturated carbocycles. The van der Waals surface area contributed by atoms with Crippen molar-refractivity contribution in [3.05, 3.63) is 24.0 Å². The molecule has 208 valence electrons. The Kier molecular flexibility index (Phi) is 7.53. The quantitative estimate of drug-likeness (QED) is 0.607. The van der Waals surface area contributed by atoms with E-state index in [-0.39, 0.29) is 23.8 Å². The number of nitrogens with one attached hydrogen (secondary N) is 1. The number of carbonyl (C=O) groups is 3. The number of carbonyl (C=O) groups excluding carboxylic acids is 3. The van der Waals surface area contributed by atoms with E-state index in [0.717, 1.165) is 32.2 Å². The molecule has 0 aliphatic carbocycles. The first kappa shape index (κ1) is 26.7. The predicted molar refractivity (Wildman–Crippen MR) is 142 cm³/mol. The Hall–Kier alpha value is -2.88. The molecule has 1 N–H and O–H groups in total. The Bertz CT molecular complexity index is 1050. The third-order valence-electron chi connectivity index (χ3n) is 8.33. The van der Waals surface area contributed by atoms with E-state index < -0.39 is 23.8 Å². The van der Waals surface area contributed by atoms with Crippen LogP contribution in [-0.4, -0.2) is 95.8 Å². The first-order chi connectivity index (χ1) is 18.2. The molecule has 5 rings (SSSR count). The molecule has 4 aliphatic heterocycles. The fourth-order valence-electron chi connectivity index (χ4n) is 6.35. The van der Waals surface area contributed by atoms with Crippen molar-refractivity contribution in [2.75, 3.05) is 38.3 Å². The molecular weight excluding hydrogens is 486 g/mol. The fourth-order valence-corrected chi connectivity index (χ4v) is 6.35. The van der Waals surface area contributed by atoms with Crippen molar-refractivity contribution in [3.63, 3.8) is 0 Å². The lowest BCUT2D eigenvalue weighted by Gasteiger charge is -2.47. The Morgan fingerprint density at radius 1 is 1.13 bits per heavy atom. The molecule has 0 spiro atoms. The number of hydrogen-bond acceptors (Lipinski definition) is 7. The van der Waals surface area contributed by atoms with Crippen LogP contribution in [0, 0.1) is 0 Å². The fraction of sp³-hybridized carbons (Fsp3) is 0.714. The van der Waals surface area contributed by atoms with E-state index in [1.54, 1.807) is 32.8 Å². The summed E-state index contributed by atoms with van der Waals surface area (Å²) >= 11 is 0. The van der Waals surface area contributed by atoms with Gasteiger partial charge in [0.1, 0.15) is 17.7 Å². The van der Waals surface area contributed by atoms with Gasteiger partial charge in [-0.1, -0.05) is 0 Å². The summed E-state index contributed by atoms with van der Waals surface area (Å²) in [7, 11) is 1.73. The van der Waals surface area contributed by atoms with E-state index in [1.807, 2.05) is 17.3 Å². The molecule has 3 amide bonds. The van der Waals surface area contributed by atoms with Gasteiger partial charge in [-0.2, -0.15) is 0 Å². The first-order valence-electron chi connectivity index (χ1n) is 14.0. The molecule has 0 unspecified atom stereocenters. The van der Waals surface area contributed by atoms with Crippen molar-refractivity contribution in [1.29, 1.82) is 0 Å². The van der Waals surface area contributed by atoms with Crippen molar-refractivity contribution in [1.82, 2.24) is 20.1 Å². The van der Waals surface area contributed by atoms with Crippen LogP contribution in [0.3, 0.4) is 0 Å². The van der Waals surface area contributed by atoms with Gasteiger partial charge in [0.05, 0.1) is 12.6 Å². The van der Waals surface area contributed by atoms with Crippen LogP contribution >= 0.6 is 0 Å². The molecule has 10 heteroatoms. The zero-order chi connectivity index (χ0) is 27.0. The summed E-state index contributed by atoms with van der Waals surface area (Å²) in [5, 5.41) is 2.77. The van der Waals surface area contributed by atoms with Crippen LogP contribution in [0.5, 0.6) is 0 Å². The van der Waals surface area contributed by atoms with Crippen LogP contribution in [0.25, 0.3) is 0 Å². The monoisotopic (exact) mass is 527 g/mol. The van der Waals surface area contributed by atoms with Crippen molar-refractivity contribution in [2.24, 2.45) is 0 Å². The average Bonchev–Trinajstić information content (AvgIpc) is 3.17. The van der Waals surface area contributed by atoms with E-state index in [0.29, 0.717) is 38.6 Å². The number of pyridine rings is 1. The number of fused-ring (bicyclic) bond motifs is 1. The van der Waals surface area contributed by atoms with Gasteiger partial charge in [-0.3, -0.25) is 14.6 Å². The van der Waals surface area contributed by atoms with E-state index >= 15 is 0 Å². The lowest BCUT2D eigenvalue weighted by atomic mass is 9.88. The second kappa shape index (κ2) is 10.7. The number of nitrogens with zero attached hydrogens (tertiary/aromatic N) is 4. The number of anilines is 1. The molecule has 0 aromatic carbocycles. The van der Waals surface area contributed by atoms with Gasteiger partial charge >= 0.3 is 6.09 Å². The minimum Gasteiger partial charge on any atom is -0.444 e. The highest BCUT2D eigenvalue weighted by Crippen LogP contribution is 2.39. The Morgan fingerprint density at radius 2 is 1.92 bits per heavy atom. The Morgan fingerprint density at radius 3 is 2.61 bits per heavy atom. The van der Waals surface area contributed by atoms with E-state index in [1.165, 1.54) is 11.3 Å². The SMILES string of the molecule is COC[C@@H]1CCN1c1ccncc1C1CN(C(=O)[C@@H]2CC[C@@H]3CCC[C@H](NC(=O)OC(C)(C)C)C(=O)N32)C1. The molecule has 4 atom stereocenters. The van der Waals surface area contributed by atoms with Crippen LogP contribution < -0.4 is 10.2 Å². The number of ether oxygens (including phenoxy) is 2. The van der Waals surface area contributed by atoms with Gasteiger partial charge in [-0.05, 0) is 65.4 Å². The summed E-state index contributed by atoms with van der Waals surface area (Å²) in [4.78, 5) is 50.0. The maximum absolute atomic E-state index is 13.6. The second-order valence-electron chi connectivity index (χ2n) is 12.1. The van der Waals surface area contributed by atoms with Gasteiger partial charge in [0.15, 0.2) is 0 Å². The maximum atomic E-state index is 13.6. The molecule has 1 aromatic heterocycles. The van der Waals surface area contributed by atoms with Crippen molar-refractivity contribution in [2.45, 2.75) is 95.0 Å². The highest BCUT2D eigenvalue weighted by Gasteiger charge is 2.48. The first-order valence-corrected chi connectivity index (χ1v) is 14.0. The maximum Gasteiger partial charge on any atom is 0.408 e. The van der Waals surface area contributed by atoms with Gasteiger partial charge in [0.2, 0.25) is 11.8 Å². The Balaban J connectivity index is 1.23. The number of methoxy groups -OCH3 is 1. The van der Waals surface area contributed by atoms with Crippen LogP contribution in [0.4, 0.5) is 10.5 Å². The highest BCUT2D eigenvalue weighted by molar-refractivity contribution is 5.92. The summed E-state index contributed by atoms with van der Waals surface area (Å²) in [6.07, 6.45) is 8.00. The molecule has 4 fully saturated rings. The number of rotatable bonds is 6. The number of amides is 3. The largest absolute Gasteiger partial charge is 0.444 e. The molecular formula is C28H41N5O5. The van der Waals surface area contributed by atoms with Gasteiger partial charge < -0.3 is 29.5 Å². The highest BCUT2D eigenvalue weighted by atomic mass is 16.6. The van der Waals surface area contributed by atoms with Crippen molar-refractivity contribution >= 4 is 23.6 Å². The minimum absolute atomic E-state index is 0.0154. The number of hydrogen-bond donors (Lipinski definition) is 1. The van der Waals surface area contributed by atoms with Crippen molar-refractivity contribution in [3.8, 4) is 0 Å². The van der Waals surface area contributed by atoms with Crippen LogP contribution in [0.15, 0.2) is 18.5 Å². The van der Waals surface area contributed by atoms with Crippen LogP contribution in [0.2, 0.25) is 0 Å².